The smallest absolute Gasteiger partial charge is 0.255 e. The number of ether oxygens (including phenoxy) is 2. The van der Waals surface area contributed by atoms with Crippen LogP contribution in [0.1, 0.15) is 22.5 Å². The van der Waals surface area contributed by atoms with Gasteiger partial charge in [-0.2, -0.15) is 9.41 Å². The number of nitrogens with one attached hydrogen (secondary N) is 1. The van der Waals surface area contributed by atoms with Gasteiger partial charge in [-0.1, -0.05) is 53.5 Å². The van der Waals surface area contributed by atoms with Crippen LogP contribution in [-0.2, 0) is 21.2 Å². The number of rotatable bonds is 12. The van der Waals surface area contributed by atoms with Gasteiger partial charge in [-0.05, 0) is 62.2 Å². The molecule has 1 aromatic heterocycles. The quantitative estimate of drug-likeness (QED) is 0.155. The highest BCUT2D eigenvalue weighted by atomic mass is 35.5. The fraction of sp³-hybridized carbons (Fsp3) is 0.226. The van der Waals surface area contributed by atoms with Crippen LogP contribution in [0, 0.1) is 13.8 Å². The van der Waals surface area contributed by atoms with Crippen molar-refractivity contribution in [3.8, 4) is 17.2 Å². The van der Waals surface area contributed by atoms with Crippen LogP contribution < -0.4 is 14.9 Å². The van der Waals surface area contributed by atoms with Gasteiger partial charge in [-0.15, -0.1) is 0 Å². The number of hydrogen-bond donors (Lipinski definition) is 1. The Balaban J connectivity index is 1.53. The molecule has 0 radical (unpaired) electrons. The van der Waals surface area contributed by atoms with E-state index in [9.17, 15) is 13.2 Å². The van der Waals surface area contributed by atoms with Crippen molar-refractivity contribution in [3.63, 3.8) is 0 Å². The lowest BCUT2D eigenvalue weighted by Crippen LogP contribution is -2.40. The SMILES string of the molecule is COc1ccc(S(=O)(=O)N(CCc2ccccc2)CC(=O)N/N=C/c2cc(C)n(-c3ccc(Cl)cc3Cl)c2C)cc1OC. The Morgan fingerprint density at radius 1 is 0.977 bits per heavy atom. The molecule has 0 atom stereocenters. The van der Waals surface area contributed by atoms with E-state index in [2.05, 4.69) is 10.5 Å². The van der Waals surface area contributed by atoms with Crippen molar-refractivity contribution in [2.24, 2.45) is 5.10 Å². The van der Waals surface area contributed by atoms with Crippen molar-refractivity contribution in [1.82, 2.24) is 14.3 Å². The zero-order valence-electron chi connectivity index (χ0n) is 24.2. The number of aromatic nitrogens is 1. The first kappa shape index (κ1) is 32.1. The molecule has 3 aromatic carbocycles. The Labute approximate surface area is 261 Å². The molecule has 0 aliphatic heterocycles. The van der Waals surface area contributed by atoms with E-state index < -0.39 is 22.5 Å². The molecule has 43 heavy (non-hydrogen) atoms. The van der Waals surface area contributed by atoms with Gasteiger partial charge in [0.2, 0.25) is 10.0 Å². The van der Waals surface area contributed by atoms with Crippen LogP contribution in [0.2, 0.25) is 10.0 Å². The summed E-state index contributed by atoms with van der Waals surface area (Å²) in [6, 6.07) is 20.9. The molecule has 1 heterocycles. The fourth-order valence-corrected chi connectivity index (χ4v) is 6.54. The average molecular weight is 644 g/mol. The molecule has 0 unspecified atom stereocenters. The molecule has 0 aliphatic rings. The van der Waals surface area contributed by atoms with Crippen LogP contribution in [0.5, 0.6) is 11.5 Å². The van der Waals surface area contributed by atoms with E-state index in [1.54, 1.807) is 12.1 Å². The lowest BCUT2D eigenvalue weighted by molar-refractivity contribution is -0.121. The van der Waals surface area contributed by atoms with Crippen LogP contribution in [0.4, 0.5) is 0 Å². The Bertz CT molecular complexity index is 1740. The number of hydrazone groups is 1. The third-order valence-corrected chi connectivity index (χ3v) is 9.20. The first-order valence-corrected chi connectivity index (χ1v) is 15.5. The second-order valence-corrected chi connectivity index (χ2v) is 12.4. The highest BCUT2D eigenvalue weighted by molar-refractivity contribution is 7.89. The zero-order valence-corrected chi connectivity index (χ0v) is 26.5. The average Bonchev–Trinajstić information content (AvgIpc) is 3.27. The maximum Gasteiger partial charge on any atom is 0.255 e. The van der Waals surface area contributed by atoms with E-state index in [4.69, 9.17) is 32.7 Å². The van der Waals surface area contributed by atoms with Gasteiger partial charge in [0, 0.05) is 34.6 Å². The Morgan fingerprint density at radius 2 is 1.70 bits per heavy atom. The predicted octanol–water partition coefficient (Wildman–Crippen LogP) is 5.80. The van der Waals surface area contributed by atoms with E-state index in [1.807, 2.05) is 60.9 Å². The number of benzene rings is 3. The van der Waals surface area contributed by atoms with Gasteiger partial charge in [0.25, 0.3) is 5.91 Å². The molecule has 0 saturated carbocycles. The summed E-state index contributed by atoms with van der Waals surface area (Å²) in [5.41, 5.74) is 6.67. The zero-order chi connectivity index (χ0) is 31.1. The number of carbonyl (C=O) groups is 1. The number of halogens is 2. The number of methoxy groups -OCH3 is 2. The van der Waals surface area contributed by atoms with E-state index in [0.717, 1.165) is 32.5 Å². The topological polar surface area (TPSA) is 102 Å². The molecule has 0 aliphatic carbocycles. The van der Waals surface area contributed by atoms with Crippen molar-refractivity contribution < 1.29 is 22.7 Å². The lowest BCUT2D eigenvalue weighted by Gasteiger charge is -2.22. The first-order valence-electron chi connectivity index (χ1n) is 13.3. The van der Waals surface area contributed by atoms with Crippen LogP contribution in [-0.4, -0.2) is 56.7 Å². The van der Waals surface area contributed by atoms with Gasteiger partial charge in [0.05, 0.1) is 42.6 Å². The molecule has 0 bridgehead atoms. The summed E-state index contributed by atoms with van der Waals surface area (Å²) in [5.74, 6) is 0.0584. The van der Waals surface area contributed by atoms with Crippen molar-refractivity contribution >= 4 is 45.3 Å². The fourth-order valence-electron chi connectivity index (χ4n) is 4.63. The van der Waals surface area contributed by atoms with Gasteiger partial charge in [-0.25, -0.2) is 13.8 Å². The minimum atomic E-state index is -4.09. The number of nitrogens with zero attached hydrogens (tertiary/aromatic N) is 3. The second-order valence-electron chi connectivity index (χ2n) is 9.64. The van der Waals surface area contributed by atoms with Crippen LogP contribution >= 0.6 is 23.2 Å². The van der Waals surface area contributed by atoms with Crippen molar-refractivity contribution in [2.75, 3.05) is 27.3 Å². The summed E-state index contributed by atoms with van der Waals surface area (Å²) in [6.45, 7) is 3.46. The number of carbonyl (C=O) groups excluding carboxylic acids is 1. The highest BCUT2D eigenvalue weighted by Gasteiger charge is 2.28. The summed E-state index contributed by atoms with van der Waals surface area (Å²) in [6.07, 6.45) is 1.92. The molecule has 4 aromatic rings. The predicted molar refractivity (Wildman–Crippen MR) is 169 cm³/mol. The second kappa shape index (κ2) is 14.1. The van der Waals surface area contributed by atoms with Gasteiger partial charge < -0.3 is 14.0 Å². The van der Waals surface area contributed by atoms with Gasteiger partial charge in [0.15, 0.2) is 11.5 Å². The molecule has 9 nitrogen and oxygen atoms in total. The molecule has 12 heteroatoms. The molecule has 1 amide bonds. The third kappa shape index (κ3) is 7.58. The molecule has 4 rings (SSSR count). The van der Waals surface area contributed by atoms with Gasteiger partial charge >= 0.3 is 0 Å². The Morgan fingerprint density at radius 3 is 2.37 bits per heavy atom. The molecule has 0 saturated heterocycles. The monoisotopic (exact) mass is 642 g/mol. The summed E-state index contributed by atoms with van der Waals surface area (Å²) >= 11 is 12.5. The molecule has 0 spiro atoms. The van der Waals surface area contributed by atoms with Crippen molar-refractivity contribution in [3.05, 3.63) is 105 Å². The minimum absolute atomic E-state index is 0.0252. The number of sulfonamides is 1. The van der Waals surface area contributed by atoms with Gasteiger partial charge in [-0.3, -0.25) is 4.79 Å². The molecule has 0 fully saturated rings. The minimum Gasteiger partial charge on any atom is -0.493 e. The summed E-state index contributed by atoms with van der Waals surface area (Å²) in [5, 5.41) is 5.14. The Kier molecular flexibility index (Phi) is 10.5. The van der Waals surface area contributed by atoms with Crippen LogP contribution in [0.3, 0.4) is 0 Å². The third-order valence-electron chi connectivity index (χ3n) is 6.82. The van der Waals surface area contributed by atoms with Crippen molar-refractivity contribution in [2.45, 2.75) is 25.2 Å². The van der Waals surface area contributed by atoms with E-state index in [1.165, 1.54) is 38.6 Å². The summed E-state index contributed by atoms with van der Waals surface area (Å²) in [4.78, 5) is 13.0. The van der Waals surface area contributed by atoms with Crippen molar-refractivity contribution in [1.29, 1.82) is 0 Å². The summed E-state index contributed by atoms with van der Waals surface area (Å²) in [7, 11) is -1.20. The first-order chi connectivity index (χ1) is 20.5. The lowest BCUT2D eigenvalue weighted by atomic mass is 10.1. The van der Waals surface area contributed by atoms with E-state index in [0.29, 0.717) is 22.2 Å². The molecular formula is C31H32Cl2N4O5S. The largest absolute Gasteiger partial charge is 0.493 e. The molecule has 1 N–H and O–H groups in total. The van der Waals surface area contributed by atoms with Crippen LogP contribution in [0.25, 0.3) is 5.69 Å². The number of aryl methyl sites for hydroxylation is 1. The molecular weight excluding hydrogens is 611 g/mol. The van der Waals surface area contributed by atoms with Crippen LogP contribution in [0.15, 0.2) is 82.8 Å². The Hall–Kier alpha value is -3.83. The number of hydrogen-bond acceptors (Lipinski definition) is 6. The maximum absolute atomic E-state index is 13.7. The summed E-state index contributed by atoms with van der Waals surface area (Å²) < 4.78 is 41.0. The normalized spacial score (nSPS) is 11.7. The number of amides is 1. The molecule has 226 valence electrons. The van der Waals surface area contributed by atoms with E-state index in [-0.39, 0.29) is 17.2 Å². The standard InChI is InChI=1S/C31H32Cl2N4O5S/c1-21-16-24(22(2)37(21)28-12-10-25(32)17-27(28)33)19-34-35-31(38)20-36(15-14-23-8-6-5-7-9-23)43(39,40)26-11-13-29(41-3)30(18-26)42-4/h5-13,16-19H,14-15,20H2,1-4H3,(H,35,38)/b34-19+. The highest BCUT2D eigenvalue weighted by Crippen LogP contribution is 2.31. The van der Waals surface area contributed by atoms with E-state index >= 15 is 0 Å². The van der Waals surface area contributed by atoms with Gasteiger partial charge in [0.1, 0.15) is 0 Å². The maximum atomic E-state index is 13.7.